The predicted molar refractivity (Wildman–Crippen MR) is 117 cm³/mol. The molecule has 0 amide bonds. The molecule has 3 fully saturated rings. The van der Waals surface area contributed by atoms with Gasteiger partial charge in [0.15, 0.2) is 11.5 Å². The van der Waals surface area contributed by atoms with Crippen LogP contribution in [0.1, 0.15) is 79.1 Å². The molecule has 0 spiro atoms. The summed E-state index contributed by atoms with van der Waals surface area (Å²) >= 11 is 0. The number of hydrogen-bond acceptors (Lipinski definition) is 4. The van der Waals surface area contributed by atoms with Crippen LogP contribution >= 0.6 is 0 Å². The molecule has 8 atom stereocenters. The first-order chi connectivity index (χ1) is 14.6. The monoisotopic (exact) mass is 432 g/mol. The van der Waals surface area contributed by atoms with Crippen LogP contribution in [0.4, 0.5) is 4.39 Å². The SMILES string of the molecule is CCCCCC(=O)O[C@@H]1[C@@H](C)C[C@H]2[C@@H]3CCC4=CC(=O)C=C[C@]4(C)[C@@]3(F)[C@@H](O)C[C@]12C. The molecule has 4 nitrogen and oxygen atoms in total. The highest BCUT2D eigenvalue weighted by atomic mass is 19.1. The van der Waals surface area contributed by atoms with E-state index in [0.29, 0.717) is 19.3 Å². The summed E-state index contributed by atoms with van der Waals surface area (Å²) in [6.07, 6.45) is 8.88. The molecule has 0 heterocycles. The molecule has 31 heavy (non-hydrogen) atoms. The predicted octanol–water partition coefficient (Wildman–Crippen LogP) is 5.10. The average Bonchev–Trinajstić information content (AvgIpc) is 2.94. The Morgan fingerprint density at radius 1 is 1.29 bits per heavy atom. The van der Waals surface area contributed by atoms with E-state index in [2.05, 4.69) is 20.8 Å². The highest BCUT2D eigenvalue weighted by Crippen LogP contribution is 2.68. The lowest BCUT2D eigenvalue weighted by atomic mass is 9.46. The van der Waals surface area contributed by atoms with E-state index >= 15 is 4.39 Å². The van der Waals surface area contributed by atoms with E-state index in [-0.39, 0.29) is 42.0 Å². The largest absolute Gasteiger partial charge is 0.461 e. The lowest BCUT2D eigenvalue weighted by molar-refractivity contribution is -0.207. The molecular formula is C26H37FO4. The van der Waals surface area contributed by atoms with E-state index < -0.39 is 22.6 Å². The quantitative estimate of drug-likeness (QED) is 0.485. The number of rotatable bonds is 5. The smallest absolute Gasteiger partial charge is 0.306 e. The van der Waals surface area contributed by atoms with Crippen LogP contribution in [0.3, 0.4) is 0 Å². The van der Waals surface area contributed by atoms with Gasteiger partial charge in [-0.2, -0.15) is 0 Å². The van der Waals surface area contributed by atoms with Gasteiger partial charge in [-0.05, 0) is 63.0 Å². The fourth-order valence-electron chi connectivity index (χ4n) is 7.51. The van der Waals surface area contributed by atoms with E-state index in [1.807, 2.05) is 6.92 Å². The lowest BCUT2D eigenvalue weighted by Gasteiger charge is -2.61. The Morgan fingerprint density at radius 3 is 2.74 bits per heavy atom. The Kier molecular flexibility index (Phi) is 5.73. The van der Waals surface area contributed by atoms with E-state index in [4.69, 9.17) is 4.74 Å². The average molecular weight is 433 g/mol. The topological polar surface area (TPSA) is 63.6 Å². The number of halogens is 1. The zero-order valence-electron chi connectivity index (χ0n) is 19.3. The first-order valence-corrected chi connectivity index (χ1v) is 12.1. The highest BCUT2D eigenvalue weighted by molar-refractivity contribution is 6.01. The van der Waals surface area contributed by atoms with Gasteiger partial charge in [-0.25, -0.2) is 4.39 Å². The Labute approximate surface area is 185 Å². The van der Waals surface area contributed by atoms with E-state index in [9.17, 15) is 14.7 Å². The summed E-state index contributed by atoms with van der Waals surface area (Å²) in [5, 5.41) is 11.3. The first kappa shape index (κ1) is 22.7. The number of fused-ring (bicyclic) bond motifs is 5. The maximum atomic E-state index is 17.0. The summed E-state index contributed by atoms with van der Waals surface area (Å²) in [5.41, 5.74) is -2.43. The Hall–Kier alpha value is -1.49. The number of aliphatic hydroxyl groups excluding tert-OH is 1. The van der Waals surface area contributed by atoms with Crippen molar-refractivity contribution < 1.29 is 23.8 Å². The molecule has 4 rings (SSSR count). The van der Waals surface area contributed by atoms with Crippen LogP contribution in [0.5, 0.6) is 0 Å². The van der Waals surface area contributed by atoms with Crippen molar-refractivity contribution in [2.24, 2.45) is 28.6 Å². The third-order valence-electron chi connectivity index (χ3n) is 9.11. The van der Waals surface area contributed by atoms with Crippen molar-refractivity contribution in [2.45, 2.75) is 96.9 Å². The molecule has 172 valence electrons. The van der Waals surface area contributed by atoms with Crippen LogP contribution < -0.4 is 0 Å². The van der Waals surface area contributed by atoms with Crippen LogP contribution in [-0.2, 0) is 14.3 Å². The second-order valence-corrected chi connectivity index (χ2v) is 10.9. The maximum Gasteiger partial charge on any atom is 0.306 e. The van der Waals surface area contributed by atoms with E-state index in [1.54, 1.807) is 12.2 Å². The van der Waals surface area contributed by atoms with Gasteiger partial charge in [-0.3, -0.25) is 9.59 Å². The molecule has 0 aromatic rings. The maximum absolute atomic E-state index is 17.0. The Balaban J connectivity index is 1.62. The number of carbonyl (C=O) groups excluding carboxylic acids is 2. The summed E-state index contributed by atoms with van der Waals surface area (Å²) in [7, 11) is 0. The molecule has 0 aromatic carbocycles. The summed E-state index contributed by atoms with van der Waals surface area (Å²) in [4.78, 5) is 24.5. The minimum absolute atomic E-state index is 0.0359. The molecule has 3 saturated carbocycles. The molecule has 0 aromatic heterocycles. The van der Waals surface area contributed by atoms with Gasteiger partial charge < -0.3 is 9.84 Å². The lowest BCUT2D eigenvalue weighted by Crippen LogP contribution is -2.67. The van der Waals surface area contributed by atoms with Gasteiger partial charge in [0.2, 0.25) is 0 Å². The Bertz CT molecular complexity index is 818. The van der Waals surface area contributed by atoms with Crippen LogP contribution in [-0.4, -0.2) is 34.7 Å². The number of carbonyl (C=O) groups is 2. The second kappa shape index (κ2) is 7.83. The van der Waals surface area contributed by atoms with E-state index in [0.717, 1.165) is 31.3 Å². The zero-order valence-corrected chi connectivity index (χ0v) is 19.3. The molecule has 4 aliphatic rings. The first-order valence-electron chi connectivity index (χ1n) is 12.1. The number of ether oxygens (including phenoxy) is 1. The van der Waals surface area contributed by atoms with Crippen molar-refractivity contribution >= 4 is 11.8 Å². The van der Waals surface area contributed by atoms with Crippen molar-refractivity contribution in [2.75, 3.05) is 0 Å². The van der Waals surface area contributed by atoms with Gasteiger partial charge >= 0.3 is 5.97 Å². The zero-order chi connectivity index (χ0) is 22.6. The normalized spacial score (nSPS) is 46.1. The van der Waals surface area contributed by atoms with Crippen LogP contribution in [0, 0.1) is 28.6 Å². The minimum atomic E-state index is -1.82. The molecule has 4 aliphatic carbocycles. The molecule has 0 saturated heterocycles. The van der Waals surface area contributed by atoms with Gasteiger partial charge in [0.25, 0.3) is 0 Å². The third-order valence-corrected chi connectivity index (χ3v) is 9.11. The van der Waals surface area contributed by atoms with Gasteiger partial charge in [0.05, 0.1) is 6.10 Å². The van der Waals surface area contributed by atoms with Crippen molar-refractivity contribution in [3.05, 3.63) is 23.8 Å². The number of unbranched alkanes of at least 4 members (excludes halogenated alkanes) is 2. The van der Waals surface area contributed by atoms with Crippen molar-refractivity contribution in [1.82, 2.24) is 0 Å². The van der Waals surface area contributed by atoms with Crippen molar-refractivity contribution in [3.63, 3.8) is 0 Å². The molecule has 0 bridgehead atoms. The summed E-state index contributed by atoms with van der Waals surface area (Å²) < 4.78 is 23.0. The fraction of sp³-hybridized carbons (Fsp3) is 0.769. The van der Waals surface area contributed by atoms with Gasteiger partial charge in [0.1, 0.15) is 6.10 Å². The molecule has 0 radical (unpaired) electrons. The molecule has 0 aliphatic heterocycles. The standard InChI is InChI=1S/C26H37FO4/c1-5-6-7-8-22(30)31-23-16(2)13-20-19-10-9-17-14-18(28)11-12-25(17,4)26(19,27)21(29)15-24(20,23)3/h11-12,14,16,19-21,23,29H,5-10,13,15H2,1-4H3/t16-,19-,20-,21-,23+,24-,25-,26-/m0/s1. The summed E-state index contributed by atoms with van der Waals surface area (Å²) in [6, 6.07) is 0. The molecule has 0 unspecified atom stereocenters. The van der Waals surface area contributed by atoms with Crippen LogP contribution in [0.25, 0.3) is 0 Å². The molecule has 5 heteroatoms. The number of alkyl halides is 1. The number of hydrogen-bond donors (Lipinski definition) is 1. The second-order valence-electron chi connectivity index (χ2n) is 10.9. The molecule has 1 N–H and O–H groups in total. The minimum Gasteiger partial charge on any atom is -0.461 e. The van der Waals surface area contributed by atoms with Crippen molar-refractivity contribution in [3.8, 4) is 0 Å². The van der Waals surface area contributed by atoms with Gasteiger partial charge in [-0.1, -0.05) is 45.3 Å². The number of allylic oxidation sites excluding steroid dienone is 4. The summed E-state index contributed by atoms with van der Waals surface area (Å²) in [5.74, 6) is -0.434. The molecular weight excluding hydrogens is 395 g/mol. The number of aliphatic hydroxyl groups is 1. The van der Waals surface area contributed by atoms with E-state index in [1.165, 1.54) is 6.08 Å². The third kappa shape index (κ3) is 3.25. The van der Waals surface area contributed by atoms with Crippen LogP contribution in [0.2, 0.25) is 0 Å². The van der Waals surface area contributed by atoms with Gasteiger partial charge in [0, 0.05) is 23.2 Å². The van der Waals surface area contributed by atoms with Crippen LogP contribution in [0.15, 0.2) is 23.8 Å². The fourth-order valence-corrected chi connectivity index (χ4v) is 7.51. The number of esters is 1. The Morgan fingerprint density at radius 2 is 2.03 bits per heavy atom. The van der Waals surface area contributed by atoms with Crippen molar-refractivity contribution in [1.29, 1.82) is 0 Å². The highest BCUT2D eigenvalue weighted by Gasteiger charge is 2.71. The number of ketones is 1. The van der Waals surface area contributed by atoms with Gasteiger partial charge in [-0.15, -0.1) is 0 Å². The summed E-state index contributed by atoms with van der Waals surface area (Å²) in [6.45, 7) is 8.12.